The minimum Gasteiger partial charge on any atom is -0.431 e. The van der Waals surface area contributed by atoms with Crippen LogP contribution in [0.2, 0.25) is 0 Å². The molecule has 1 N–H and O–H groups in total. The van der Waals surface area contributed by atoms with E-state index in [-0.39, 0.29) is 11.9 Å². The van der Waals surface area contributed by atoms with Crippen LogP contribution in [-0.4, -0.2) is 16.6 Å². The molecule has 24 heavy (non-hydrogen) atoms. The molecule has 0 aliphatic rings. The van der Waals surface area contributed by atoms with Gasteiger partial charge in [0.25, 0.3) is 5.22 Å². The molecule has 3 aromatic rings. The van der Waals surface area contributed by atoms with Gasteiger partial charge in [-0.1, -0.05) is 67.6 Å². The summed E-state index contributed by atoms with van der Waals surface area (Å²) in [5.74, 6) is 0.282. The van der Waals surface area contributed by atoms with Crippen LogP contribution in [0.15, 0.2) is 64.2 Å². The van der Waals surface area contributed by atoms with E-state index in [0.29, 0.717) is 11.0 Å². The summed E-state index contributed by atoms with van der Waals surface area (Å²) in [4.78, 5) is 16.7. The van der Waals surface area contributed by atoms with Gasteiger partial charge in [0.1, 0.15) is 5.52 Å². The highest BCUT2D eigenvalue weighted by molar-refractivity contribution is 7.99. The zero-order valence-corrected chi connectivity index (χ0v) is 14.4. The lowest BCUT2D eigenvalue weighted by molar-refractivity contribution is -0.119. The molecular weight excluding hydrogens is 320 g/mol. The number of hydrogen-bond donors (Lipinski definition) is 1. The lowest BCUT2D eigenvalue weighted by Gasteiger charge is -2.18. The predicted molar refractivity (Wildman–Crippen MR) is 97.0 cm³/mol. The van der Waals surface area contributed by atoms with E-state index in [0.717, 1.165) is 29.5 Å². The highest BCUT2D eigenvalue weighted by Crippen LogP contribution is 2.23. The molecule has 0 fully saturated rings. The van der Waals surface area contributed by atoms with Gasteiger partial charge in [0.2, 0.25) is 5.91 Å². The molecule has 0 radical (unpaired) electrons. The van der Waals surface area contributed by atoms with Crippen LogP contribution in [0.4, 0.5) is 0 Å². The normalized spacial score (nSPS) is 12.2. The molecule has 0 aliphatic heterocycles. The van der Waals surface area contributed by atoms with Crippen LogP contribution < -0.4 is 5.32 Å². The minimum absolute atomic E-state index is 0.00967. The van der Waals surface area contributed by atoms with Crippen molar-refractivity contribution in [2.24, 2.45) is 0 Å². The smallest absolute Gasteiger partial charge is 0.257 e. The number of thioether (sulfide) groups is 1. The number of hydrogen-bond acceptors (Lipinski definition) is 4. The molecule has 124 valence electrons. The first-order valence-electron chi connectivity index (χ1n) is 8.09. The van der Waals surface area contributed by atoms with Gasteiger partial charge in [-0.2, -0.15) is 0 Å². The Bertz CT molecular complexity index is 768. The molecule has 0 bridgehead atoms. The van der Waals surface area contributed by atoms with Gasteiger partial charge >= 0.3 is 0 Å². The average Bonchev–Trinajstić information content (AvgIpc) is 3.03. The van der Waals surface area contributed by atoms with E-state index in [4.69, 9.17) is 4.42 Å². The number of benzene rings is 2. The van der Waals surface area contributed by atoms with Gasteiger partial charge in [0.15, 0.2) is 5.58 Å². The topological polar surface area (TPSA) is 55.1 Å². The predicted octanol–water partition coefficient (Wildman–Crippen LogP) is 4.58. The van der Waals surface area contributed by atoms with Gasteiger partial charge in [0.05, 0.1) is 11.8 Å². The second kappa shape index (κ2) is 8.02. The van der Waals surface area contributed by atoms with Gasteiger partial charge in [-0.05, 0) is 24.1 Å². The summed E-state index contributed by atoms with van der Waals surface area (Å²) in [5, 5.41) is 3.64. The number of aromatic nitrogens is 1. The van der Waals surface area contributed by atoms with Crippen molar-refractivity contribution in [1.82, 2.24) is 10.3 Å². The summed E-state index contributed by atoms with van der Waals surface area (Å²) in [5.41, 5.74) is 2.70. The molecule has 0 aliphatic carbocycles. The molecule has 1 heterocycles. The molecular formula is C19H20N2O2S. The Morgan fingerprint density at radius 2 is 1.92 bits per heavy atom. The summed E-state index contributed by atoms with van der Waals surface area (Å²) < 4.78 is 5.63. The SMILES string of the molecule is CCC[C@@H](NC(=O)CSc1nc2ccccc2o1)c1ccccc1. The molecule has 0 saturated carbocycles. The molecule has 0 saturated heterocycles. The zero-order chi connectivity index (χ0) is 16.8. The van der Waals surface area contributed by atoms with Crippen LogP contribution in [-0.2, 0) is 4.79 Å². The average molecular weight is 340 g/mol. The van der Waals surface area contributed by atoms with Crippen LogP contribution in [0.5, 0.6) is 0 Å². The molecule has 1 amide bonds. The Morgan fingerprint density at radius 1 is 1.17 bits per heavy atom. The highest BCUT2D eigenvalue weighted by Gasteiger charge is 2.15. The van der Waals surface area contributed by atoms with Crippen molar-refractivity contribution in [3.63, 3.8) is 0 Å². The Balaban J connectivity index is 1.59. The second-order valence-electron chi connectivity index (χ2n) is 5.56. The number of carbonyl (C=O) groups excluding carboxylic acids is 1. The number of nitrogens with zero attached hydrogens (tertiary/aromatic N) is 1. The third-order valence-corrected chi connectivity index (χ3v) is 4.54. The number of amides is 1. The molecule has 3 rings (SSSR count). The molecule has 4 nitrogen and oxygen atoms in total. The maximum atomic E-state index is 12.3. The lowest BCUT2D eigenvalue weighted by Crippen LogP contribution is -2.29. The summed E-state index contributed by atoms with van der Waals surface area (Å²) >= 11 is 1.32. The number of nitrogens with one attached hydrogen (secondary N) is 1. The molecule has 2 aromatic carbocycles. The van der Waals surface area contributed by atoms with Crippen molar-refractivity contribution < 1.29 is 9.21 Å². The molecule has 1 aromatic heterocycles. The quantitative estimate of drug-likeness (QED) is 0.640. The summed E-state index contributed by atoms with van der Waals surface area (Å²) in [6.07, 6.45) is 1.93. The van der Waals surface area contributed by atoms with Crippen LogP contribution in [0.1, 0.15) is 31.4 Å². The molecule has 1 atom stereocenters. The van der Waals surface area contributed by atoms with Gasteiger partial charge in [0, 0.05) is 0 Å². The van der Waals surface area contributed by atoms with Crippen molar-refractivity contribution in [3.8, 4) is 0 Å². The monoisotopic (exact) mass is 340 g/mol. The van der Waals surface area contributed by atoms with E-state index in [1.54, 1.807) is 0 Å². The first-order chi connectivity index (χ1) is 11.8. The van der Waals surface area contributed by atoms with Crippen LogP contribution in [0.25, 0.3) is 11.1 Å². The van der Waals surface area contributed by atoms with Gasteiger partial charge in [-0.15, -0.1) is 0 Å². The Labute approximate surface area is 145 Å². The number of rotatable bonds is 7. The van der Waals surface area contributed by atoms with Gasteiger partial charge < -0.3 is 9.73 Å². The van der Waals surface area contributed by atoms with E-state index in [1.807, 2.05) is 42.5 Å². The fraction of sp³-hybridized carbons (Fsp3) is 0.263. The third-order valence-electron chi connectivity index (χ3n) is 3.72. The Hall–Kier alpha value is -2.27. The van der Waals surface area contributed by atoms with Crippen molar-refractivity contribution >= 4 is 28.8 Å². The van der Waals surface area contributed by atoms with Crippen LogP contribution in [0.3, 0.4) is 0 Å². The summed E-state index contributed by atoms with van der Waals surface area (Å²) in [6, 6.07) is 17.7. The first-order valence-corrected chi connectivity index (χ1v) is 9.07. The Kier molecular flexibility index (Phi) is 5.54. The van der Waals surface area contributed by atoms with Gasteiger partial charge in [-0.3, -0.25) is 4.79 Å². The fourth-order valence-corrected chi connectivity index (χ4v) is 3.22. The van der Waals surface area contributed by atoms with Gasteiger partial charge in [-0.25, -0.2) is 4.98 Å². The minimum atomic E-state index is -0.00967. The van der Waals surface area contributed by atoms with Crippen LogP contribution >= 0.6 is 11.8 Å². The molecule has 0 unspecified atom stereocenters. The number of para-hydroxylation sites is 2. The third kappa shape index (κ3) is 4.17. The van der Waals surface area contributed by atoms with Crippen molar-refractivity contribution in [1.29, 1.82) is 0 Å². The summed E-state index contributed by atoms with van der Waals surface area (Å²) in [6.45, 7) is 2.12. The van der Waals surface area contributed by atoms with E-state index in [1.165, 1.54) is 11.8 Å². The lowest BCUT2D eigenvalue weighted by atomic mass is 10.0. The van der Waals surface area contributed by atoms with E-state index in [2.05, 4.69) is 29.4 Å². The van der Waals surface area contributed by atoms with Crippen molar-refractivity contribution in [2.75, 3.05) is 5.75 Å². The van der Waals surface area contributed by atoms with Crippen molar-refractivity contribution in [2.45, 2.75) is 31.0 Å². The number of carbonyl (C=O) groups is 1. The van der Waals surface area contributed by atoms with E-state index in [9.17, 15) is 4.79 Å². The molecule has 0 spiro atoms. The largest absolute Gasteiger partial charge is 0.431 e. The fourth-order valence-electron chi connectivity index (χ4n) is 2.57. The van der Waals surface area contributed by atoms with Crippen LogP contribution in [0, 0.1) is 0 Å². The van der Waals surface area contributed by atoms with E-state index < -0.39 is 0 Å². The second-order valence-corrected chi connectivity index (χ2v) is 6.48. The van der Waals surface area contributed by atoms with E-state index >= 15 is 0 Å². The number of oxazole rings is 1. The first kappa shape index (κ1) is 16.6. The highest BCUT2D eigenvalue weighted by atomic mass is 32.2. The maximum Gasteiger partial charge on any atom is 0.257 e. The maximum absolute atomic E-state index is 12.3. The van der Waals surface area contributed by atoms with Crippen molar-refractivity contribution in [3.05, 3.63) is 60.2 Å². The zero-order valence-electron chi connectivity index (χ0n) is 13.6. The standard InChI is InChI=1S/C19H20N2O2S/c1-2-8-15(14-9-4-3-5-10-14)20-18(22)13-24-19-21-16-11-6-7-12-17(16)23-19/h3-7,9-12,15H,2,8,13H2,1H3,(H,20,22)/t15-/m1/s1. The summed E-state index contributed by atoms with van der Waals surface area (Å²) in [7, 11) is 0. The molecule has 5 heteroatoms. The Morgan fingerprint density at radius 3 is 2.67 bits per heavy atom. The number of fused-ring (bicyclic) bond motifs is 1.